The summed E-state index contributed by atoms with van der Waals surface area (Å²) in [6.45, 7) is 9.08. The van der Waals surface area contributed by atoms with Gasteiger partial charge in [-0.2, -0.15) is 62.9 Å². The Morgan fingerprint density at radius 2 is 1.43 bits per heavy atom. The molecule has 0 amide bonds. The number of hydrogen-bond acceptors (Lipinski definition) is 1. The van der Waals surface area contributed by atoms with Crippen LogP contribution in [0.25, 0.3) is 26.6 Å². The molecular formula is C19H45Cl2MnN6-5. The van der Waals surface area contributed by atoms with Crippen molar-refractivity contribution in [2.75, 3.05) is 39.3 Å². The normalized spacial score (nSPS) is 33.5. The molecule has 5 atom stereocenters. The molecule has 0 radical (unpaired) electrons. The zero-order valence-electron chi connectivity index (χ0n) is 17.3. The van der Waals surface area contributed by atoms with Crippen molar-refractivity contribution in [2.24, 2.45) is 5.73 Å². The van der Waals surface area contributed by atoms with Gasteiger partial charge in [-0.15, -0.1) is 0 Å². The quantitative estimate of drug-likeness (QED) is 0.460. The van der Waals surface area contributed by atoms with Crippen LogP contribution in [-0.2, 0) is 13.1 Å². The molecule has 2 aliphatic rings. The zero-order valence-corrected chi connectivity index (χ0v) is 20.0. The van der Waals surface area contributed by atoms with E-state index in [9.17, 15) is 0 Å². The predicted molar refractivity (Wildman–Crippen MR) is 128 cm³/mol. The molecule has 1 aliphatic carbocycles. The molecule has 0 aromatic rings. The number of nitrogens with zero attached hydrogens (tertiary/aromatic N) is 5. The molecule has 0 unspecified atom stereocenters. The summed E-state index contributed by atoms with van der Waals surface area (Å²) < 4.78 is 0. The smallest absolute Gasteiger partial charge is 0 e. The fourth-order valence-corrected chi connectivity index (χ4v) is 3.62. The van der Waals surface area contributed by atoms with Crippen molar-refractivity contribution in [3.63, 3.8) is 0 Å². The molecule has 9 heteroatoms. The Hall–Kier alpha value is 0.859. The Balaban J connectivity index is -0.000000530. The molecule has 28 heavy (non-hydrogen) atoms. The monoisotopic (exact) mass is 482 g/mol. The molecule has 1 saturated carbocycles. The van der Waals surface area contributed by atoms with E-state index >= 15 is 0 Å². The minimum absolute atomic E-state index is 0. The third-order valence-corrected chi connectivity index (χ3v) is 5.20. The van der Waals surface area contributed by atoms with Crippen molar-refractivity contribution >= 4 is 20.2 Å². The number of nitrogens with two attached hydrogens (primary N) is 1. The molecule has 2 rings (SSSR count). The van der Waals surface area contributed by atoms with Crippen LogP contribution < -0.4 is 5.73 Å². The van der Waals surface area contributed by atoms with Crippen LogP contribution in [0.2, 0.25) is 0 Å². The van der Waals surface area contributed by atoms with Gasteiger partial charge in [0, 0.05) is 5.71 Å². The van der Waals surface area contributed by atoms with Gasteiger partial charge in [-0.05, 0) is 13.0 Å². The van der Waals surface area contributed by atoms with Gasteiger partial charge in [-0.1, -0.05) is 46.0 Å². The molecule has 6 nitrogen and oxygen atoms in total. The first-order chi connectivity index (χ1) is 13.6. The maximum Gasteiger partial charge on any atom is 0 e. The molecule has 2 N–H and O–H groups in total. The Bertz CT molecular complexity index is 387. The van der Waals surface area contributed by atoms with Crippen molar-refractivity contribution < 1.29 is 18.8 Å². The van der Waals surface area contributed by atoms with E-state index in [2.05, 4.69) is 13.8 Å². The molecule has 0 aromatic heterocycles. The zero-order chi connectivity index (χ0) is 20.6. The minimum Gasteiger partial charge on any atom is 0 e. The molecule has 177 valence electrons. The van der Waals surface area contributed by atoms with Crippen LogP contribution in [0, 0.1) is 0 Å². The molecule has 1 aliphatic heterocycles. The maximum absolute atomic E-state index is 5.71. The number of fused-ring (bicyclic) bond motifs is 1. The minimum atomic E-state index is 0. The topological polar surface area (TPSA) is 96.5 Å². The van der Waals surface area contributed by atoms with Crippen LogP contribution in [0.3, 0.4) is 0 Å². The van der Waals surface area contributed by atoms with E-state index in [0.717, 1.165) is 52.1 Å². The first-order valence-electron chi connectivity index (χ1n) is 10.5. The van der Waals surface area contributed by atoms with Crippen LogP contribution in [-0.4, -0.2) is 69.5 Å². The van der Waals surface area contributed by atoms with Gasteiger partial charge in [0.05, 0.1) is 0 Å². The second-order valence-electron chi connectivity index (χ2n) is 7.66. The Labute approximate surface area is 193 Å². The number of hydrogen-bond donors (Lipinski definition) is 1. The fraction of sp³-hybridized carbons (Fsp3) is 1.00. The predicted octanol–water partition coefficient (Wildman–Crippen LogP) is 6.42. The van der Waals surface area contributed by atoms with Crippen LogP contribution in [0.1, 0.15) is 58.1 Å². The first kappa shape index (κ1) is 26.9. The first-order valence-corrected chi connectivity index (χ1v) is 13.8. The summed E-state index contributed by atoms with van der Waals surface area (Å²) in [5, 5.41) is 24.3. The van der Waals surface area contributed by atoms with E-state index in [0.29, 0.717) is 12.1 Å². The third kappa shape index (κ3) is 12.5. The van der Waals surface area contributed by atoms with Crippen LogP contribution in [0.15, 0.2) is 0 Å². The molecule has 0 spiro atoms. The van der Waals surface area contributed by atoms with Gasteiger partial charge in [0.2, 0.25) is 0 Å². The van der Waals surface area contributed by atoms with Crippen LogP contribution in [0.4, 0.5) is 0 Å². The van der Waals surface area contributed by atoms with Crippen molar-refractivity contribution in [1.82, 2.24) is 0 Å². The summed E-state index contributed by atoms with van der Waals surface area (Å²) in [6.07, 6.45) is 6.97. The van der Waals surface area contributed by atoms with Crippen molar-refractivity contribution in [3.05, 3.63) is 26.6 Å². The van der Waals surface area contributed by atoms with E-state index in [1.165, 1.54) is 25.7 Å². The van der Waals surface area contributed by atoms with Gasteiger partial charge in [-0.25, -0.2) is 0 Å². The molecule has 2 fully saturated rings. The Kier molecular flexibility index (Phi) is 16.8. The summed E-state index contributed by atoms with van der Waals surface area (Å²) in [4.78, 5) is 0. The number of halogens is 2. The SMILES string of the molecule is C[C@@H]1C[N-][C@@H](CCCN)C[N-][C@@H]2CCCC[C@H]2[N-]CC[N-][C@@H](C)C[N-]1.[Cl][Mn][Cl].[HH].[HH].[HH].[HH]. The van der Waals surface area contributed by atoms with Gasteiger partial charge < -0.3 is 32.3 Å². The fourth-order valence-electron chi connectivity index (χ4n) is 3.62. The van der Waals surface area contributed by atoms with E-state index in [4.69, 9.17) is 52.5 Å². The second kappa shape index (κ2) is 17.5. The summed E-state index contributed by atoms with van der Waals surface area (Å²) in [5.41, 5.74) is 5.71. The van der Waals surface area contributed by atoms with Crippen LogP contribution >= 0.6 is 20.2 Å². The van der Waals surface area contributed by atoms with Gasteiger partial charge >= 0.3 is 33.3 Å². The van der Waals surface area contributed by atoms with Gasteiger partial charge in [-0.3, -0.25) is 0 Å². The Morgan fingerprint density at radius 3 is 2.11 bits per heavy atom. The largest absolute Gasteiger partial charge is 0 e. The van der Waals surface area contributed by atoms with E-state index in [-0.39, 0.29) is 37.0 Å². The van der Waals surface area contributed by atoms with Crippen molar-refractivity contribution in [3.8, 4) is 0 Å². The van der Waals surface area contributed by atoms with Gasteiger partial charge in [0.1, 0.15) is 0 Å². The van der Waals surface area contributed by atoms with Gasteiger partial charge in [0.25, 0.3) is 0 Å². The molecule has 1 heterocycles. The number of rotatable bonds is 3. The average Bonchev–Trinajstić information content (AvgIpc) is 2.70. The summed E-state index contributed by atoms with van der Waals surface area (Å²) in [6, 6.07) is 1.60. The molecule has 0 aromatic carbocycles. The summed E-state index contributed by atoms with van der Waals surface area (Å²) in [5.74, 6) is 0. The molecule has 0 bridgehead atoms. The standard InChI is InChI=1S/C19H37N6.2ClH.Mn.4H2/c1-15-12-23-16(2)13-24-17(6-5-9-20)14-25-19-8-4-3-7-18(19)22-11-10-21-15;;;;;;;/h15-19H,3-14,20H2,1-2H3;2*1H;;4*1H/q-5;;;+2;;;;/p-2/t15-,16+,17-,18+,19+;;;;;;;/m0......./s1. The second-order valence-corrected chi connectivity index (χ2v) is 9.61. The maximum atomic E-state index is 5.71. The average molecular weight is 483 g/mol. The van der Waals surface area contributed by atoms with E-state index in [1.807, 2.05) is 0 Å². The van der Waals surface area contributed by atoms with E-state index in [1.54, 1.807) is 0 Å². The van der Waals surface area contributed by atoms with Crippen LogP contribution in [0.5, 0.6) is 0 Å². The Morgan fingerprint density at radius 1 is 0.857 bits per heavy atom. The summed E-state index contributed by atoms with van der Waals surface area (Å²) >= 11 is 0.00694. The van der Waals surface area contributed by atoms with Crippen molar-refractivity contribution in [1.29, 1.82) is 0 Å². The van der Waals surface area contributed by atoms with Gasteiger partial charge in [0.15, 0.2) is 0 Å². The molecular weight excluding hydrogens is 438 g/mol. The molecule has 1 saturated heterocycles. The van der Waals surface area contributed by atoms with Crippen molar-refractivity contribution in [2.45, 2.75) is 82.6 Å². The summed E-state index contributed by atoms with van der Waals surface area (Å²) in [7, 11) is 9.59. The third-order valence-electron chi connectivity index (χ3n) is 5.20. The van der Waals surface area contributed by atoms with E-state index < -0.39 is 0 Å².